The van der Waals surface area contributed by atoms with Crippen LogP contribution in [0.2, 0.25) is 0 Å². The highest BCUT2D eigenvalue weighted by Gasteiger charge is 2.03. The zero-order chi connectivity index (χ0) is 8.69. The smallest absolute Gasteiger partial charge is 0.331 e. The second kappa shape index (κ2) is 5.38. The lowest BCUT2D eigenvalue weighted by Crippen LogP contribution is -2.01. The van der Waals surface area contributed by atoms with E-state index in [1.54, 1.807) is 6.92 Å². The van der Waals surface area contributed by atoms with Crippen LogP contribution in [0.25, 0.3) is 0 Å². The molecular formula is C7H9NO3. The summed E-state index contributed by atoms with van der Waals surface area (Å²) in [6.07, 6.45) is 3.11. The minimum absolute atomic E-state index is 0.190. The maximum atomic E-state index is 10.3. The highest BCUT2D eigenvalue weighted by Crippen LogP contribution is 2.00. The van der Waals surface area contributed by atoms with Crippen molar-refractivity contribution in [3.05, 3.63) is 11.6 Å². The standard InChI is InChI=1S/C7H9NO3/c1-2-6(7(10)11)3-4-8-5-9/h2H,3-4H2,1H3,(H,10,11). The number of allylic oxidation sites excluding steroid dienone is 1. The summed E-state index contributed by atoms with van der Waals surface area (Å²) in [6, 6.07) is 0. The lowest BCUT2D eigenvalue weighted by molar-refractivity contribution is -0.132. The van der Waals surface area contributed by atoms with Crippen molar-refractivity contribution in [2.45, 2.75) is 13.3 Å². The molecule has 0 spiro atoms. The largest absolute Gasteiger partial charge is 0.478 e. The van der Waals surface area contributed by atoms with Crippen LogP contribution >= 0.6 is 0 Å². The van der Waals surface area contributed by atoms with Crippen molar-refractivity contribution in [3.63, 3.8) is 0 Å². The summed E-state index contributed by atoms with van der Waals surface area (Å²) >= 11 is 0. The van der Waals surface area contributed by atoms with Crippen LogP contribution in [0.5, 0.6) is 0 Å². The summed E-state index contributed by atoms with van der Waals surface area (Å²) in [7, 11) is 0. The van der Waals surface area contributed by atoms with Gasteiger partial charge in [-0.3, -0.25) is 0 Å². The quantitative estimate of drug-likeness (QED) is 0.370. The van der Waals surface area contributed by atoms with Crippen molar-refractivity contribution in [1.29, 1.82) is 0 Å². The third-order valence-electron chi connectivity index (χ3n) is 1.18. The average molecular weight is 155 g/mol. The van der Waals surface area contributed by atoms with E-state index in [1.807, 2.05) is 0 Å². The van der Waals surface area contributed by atoms with Gasteiger partial charge in [0, 0.05) is 5.57 Å². The van der Waals surface area contributed by atoms with Crippen LogP contribution in [-0.4, -0.2) is 23.7 Å². The van der Waals surface area contributed by atoms with Crippen molar-refractivity contribution in [2.24, 2.45) is 4.99 Å². The zero-order valence-electron chi connectivity index (χ0n) is 6.20. The molecule has 0 saturated carbocycles. The SMILES string of the molecule is CC=C(CCN=C=O)C(=O)O. The molecule has 0 saturated heterocycles. The number of rotatable bonds is 4. The fraction of sp³-hybridized carbons (Fsp3) is 0.429. The van der Waals surface area contributed by atoms with Crippen molar-refractivity contribution in [3.8, 4) is 0 Å². The fourth-order valence-electron chi connectivity index (χ4n) is 0.597. The van der Waals surface area contributed by atoms with Crippen LogP contribution in [0.15, 0.2) is 16.6 Å². The van der Waals surface area contributed by atoms with Gasteiger partial charge in [-0.25, -0.2) is 14.6 Å². The molecule has 1 N–H and O–H groups in total. The van der Waals surface area contributed by atoms with Gasteiger partial charge in [-0.2, -0.15) is 0 Å². The van der Waals surface area contributed by atoms with Crippen molar-refractivity contribution >= 4 is 12.0 Å². The molecule has 60 valence electrons. The fourth-order valence-corrected chi connectivity index (χ4v) is 0.597. The average Bonchev–Trinajstić information content (AvgIpc) is 1.97. The molecule has 0 fully saturated rings. The highest BCUT2D eigenvalue weighted by atomic mass is 16.4. The number of carbonyl (C=O) groups is 1. The Hall–Kier alpha value is -1.41. The molecule has 4 nitrogen and oxygen atoms in total. The molecule has 0 radical (unpaired) electrons. The number of nitrogens with zero attached hydrogens (tertiary/aromatic N) is 1. The number of aliphatic imine (C=N–C) groups is 1. The van der Waals surface area contributed by atoms with E-state index in [1.165, 1.54) is 12.2 Å². The third-order valence-corrected chi connectivity index (χ3v) is 1.18. The van der Waals surface area contributed by atoms with E-state index in [9.17, 15) is 9.59 Å². The number of aliphatic carboxylic acids is 1. The maximum Gasteiger partial charge on any atom is 0.331 e. The van der Waals surface area contributed by atoms with Gasteiger partial charge in [-0.15, -0.1) is 0 Å². The van der Waals surface area contributed by atoms with Gasteiger partial charge in [0.1, 0.15) is 0 Å². The van der Waals surface area contributed by atoms with Crippen LogP contribution in [0.3, 0.4) is 0 Å². The van der Waals surface area contributed by atoms with Gasteiger partial charge in [0.15, 0.2) is 0 Å². The molecule has 11 heavy (non-hydrogen) atoms. The molecule has 0 rings (SSSR count). The van der Waals surface area contributed by atoms with Gasteiger partial charge in [0.25, 0.3) is 0 Å². The second-order valence-corrected chi connectivity index (χ2v) is 1.84. The normalized spacial score (nSPS) is 10.5. The van der Waals surface area contributed by atoms with Crippen LogP contribution in [0, 0.1) is 0 Å². The number of carboxylic acid groups (broad SMARTS) is 1. The molecular weight excluding hydrogens is 146 g/mol. The number of hydrogen-bond acceptors (Lipinski definition) is 3. The molecule has 0 aromatic heterocycles. The van der Waals surface area contributed by atoms with Gasteiger partial charge >= 0.3 is 5.97 Å². The Bertz CT molecular complexity index is 214. The van der Waals surface area contributed by atoms with E-state index in [-0.39, 0.29) is 18.5 Å². The summed E-state index contributed by atoms with van der Waals surface area (Å²) in [5, 5.41) is 8.46. The Morgan fingerprint density at radius 3 is 2.73 bits per heavy atom. The number of hydrogen-bond donors (Lipinski definition) is 1. The number of isocyanates is 1. The lowest BCUT2D eigenvalue weighted by Gasteiger charge is -1.94. The van der Waals surface area contributed by atoms with E-state index in [4.69, 9.17) is 5.11 Å². The van der Waals surface area contributed by atoms with E-state index < -0.39 is 5.97 Å². The molecule has 0 aromatic carbocycles. The molecule has 0 aliphatic rings. The summed E-state index contributed by atoms with van der Waals surface area (Å²) in [5.74, 6) is -0.964. The summed E-state index contributed by atoms with van der Waals surface area (Å²) < 4.78 is 0. The highest BCUT2D eigenvalue weighted by molar-refractivity contribution is 5.86. The van der Waals surface area contributed by atoms with Crippen molar-refractivity contribution in [1.82, 2.24) is 0 Å². The Morgan fingerprint density at radius 2 is 2.36 bits per heavy atom. The molecule has 0 bridgehead atoms. The molecule has 0 unspecified atom stereocenters. The number of carboxylic acids is 1. The second-order valence-electron chi connectivity index (χ2n) is 1.84. The van der Waals surface area contributed by atoms with Crippen LogP contribution < -0.4 is 0 Å². The van der Waals surface area contributed by atoms with E-state index in [2.05, 4.69) is 4.99 Å². The first-order chi connectivity index (χ1) is 5.22. The Balaban J connectivity index is 3.91. The monoisotopic (exact) mass is 155 g/mol. The van der Waals surface area contributed by atoms with Crippen LogP contribution in [-0.2, 0) is 9.59 Å². The maximum absolute atomic E-state index is 10.3. The minimum atomic E-state index is -0.964. The summed E-state index contributed by atoms with van der Waals surface area (Å²) in [6.45, 7) is 1.82. The predicted octanol–water partition coefficient (Wildman–Crippen LogP) is 0.743. The topological polar surface area (TPSA) is 66.7 Å². The van der Waals surface area contributed by atoms with Gasteiger partial charge in [0.2, 0.25) is 6.08 Å². The molecule has 0 heterocycles. The van der Waals surface area contributed by atoms with Gasteiger partial charge in [-0.05, 0) is 13.3 Å². The van der Waals surface area contributed by atoms with Gasteiger partial charge in [-0.1, -0.05) is 6.08 Å². The zero-order valence-corrected chi connectivity index (χ0v) is 6.20. The molecule has 0 aliphatic heterocycles. The Kier molecular flexibility index (Phi) is 4.69. The first-order valence-corrected chi connectivity index (χ1v) is 3.14. The molecule has 4 heteroatoms. The van der Waals surface area contributed by atoms with Crippen LogP contribution in [0.1, 0.15) is 13.3 Å². The molecule has 0 amide bonds. The van der Waals surface area contributed by atoms with Crippen molar-refractivity contribution in [2.75, 3.05) is 6.54 Å². The van der Waals surface area contributed by atoms with Crippen LogP contribution in [0.4, 0.5) is 0 Å². The third kappa shape index (κ3) is 4.06. The van der Waals surface area contributed by atoms with E-state index in [0.717, 1.165) is 0 Å². The minimum Gasteiger partial charge on any atom is -0.478 e. The molecule has 0 aliphatic carbocycles. The van der Waals surface area contributed by atoms with E-state index in [0.29, 0.717) is 0 Å². The number of carbonyl (C=O) groups excluding carboxylic acids is 1. The molecule has 0 atom stereocenters. The molecule has 0 aromatic rings. The summed E-state index contributed by atoms with van der Waals surface area (Å²) in [5.41, 5.74) is 0.268. The van der Waals surface area contributed by atoms with E-state index >= 15 is 0 Å². The summed E-state index contributed by atoms with van der Waals surface area (Å²) in [4.78, 5) is 23.1. The Morgan fingerprint density at radius 1 is 1.73 bits per heavy atom. The van der Waals surface area contributed by atoms with Gasteiger partial charge in [0.05, 0.1) is 6.54 Å². The van der Waals surface area contributed by atoms with Gasteiger partial charge < -0.3 is 5.11 Å². The van der Waals surface area contributed by atoms with Crippen molar-refractivity contribution < 1.29 is 14.7 Å². The predicted molar refractivity (Wildman–Crippen MR) is 39.0 cm³/mol. The lowest BCUT2D eigenvalue weighted by atomic mass is 10.2. The first kappa shape index (κ1) is 9.59. The first-order valence-electron chi connectivity index (χ1n) is 3.14. The Labute approximate surface area is 64.3 Å².